The fourth-order valence-electron chi connectivity index (χ4n) is 1.20. The average molecular weight is 236 g/mol. The molecule has 5 heteroatoms. The first-order valence-electron chi connectivity index (χ1n) is 5.38. The van der Waals surface area contributed by atoms with Gasteiger partial charge in [-0.15, -0.1) is 0 Å². The van der Waals surface area contributed by atoms with Crippen LogP contribution in [0.25, 0.3) is 0 Å². The van der Waals surface area contributed by atoms with E-state index in [0.29, 0.717) is 6.42 Å². The lowest BCUT2D eigenvalue weighted by Crippen LogP contribution is -2.20. The lowest BCUT2D eigenvalue weighted by molar-refractivity contribution is -0.139. The minimum Gasteiger partial charge on any atom is -0.465 e. The molecule has 0 aliphatic rings. The van der Waals surface area contributed by atoms with E-state index in [1.165, 1.54) is 0 Å². The van der Waals surface area contributed by atoms with Crippen molar-refractivity contribution in [3.05, 3.63) is 0 Å². The summed E-state index contributed by atoms with van der Waals surface area (Å²) in [5.74, 6) is -1.04. The average Bonchev–Trinajstić information content (AvgIpc) is 2.12. The highest BCUT2D eigenvalue weighted by Crippen LogP contribution is 2.03. The molecule has 0 bridgehead atoms. The van der Waals surface area contributed by atoms with E-state index in [9.17, 15) is 13.2 Å². The molecule has 15 heavy (non-hydrogen) atoms. The zero-order chi connectivity index (χ0) is 11.7. The first-order chi connectivity index (χ1) is 7.02. The molecule has 0 rings (SSSR count). The summed E-state index contributed by atoms with van der Waals surface area (Å²) in [6, 6.07) is 0. The van der Waals surface area contributed by atoms with Crippen LogP contribution in [0.1, 0.15) is 39.5 Å². The first-order valence-corrected chi connectivity index (χ1v) is 7.20. The molecule has 0 aliphatic carbocycles. The molecular formula is C10H20O4S. The van der Waals surface area contributed by atoms with Crippen molar-refractivity contribution in [2.24, 2.45) is 0 Å². The fourth-order valence-corrected chi connectivity index (χ4v) is 2.43. The Morgan fingerprint density at radius 1 is 1.13 bits per heavy atom. The van der Waals surface area contributed by atoms with Gasteiger partial charge in [-0.05, 0) is 13.3 Å². The van der Waals surface area contributed by atoms with Crippen molar-refractivity contribution in [1.82, 2.24) is 0 Å². The molecule has 0 unspecified atom stereocenters. The summed E-state index contributed by atoms with van der Waals surface area (Å²) < 4.78 is 27.3. The minimum absolute atomic E-state index is 0.0891. The second-order valence-electron chi connectivity index (χ2n) is 3.46. The lowest BCUT2D eigenvalue weighted by Gasteiger charge is -2.03. The van der Waals surface area contributed by atoms with E-state index in [4.69, 9.17) is 0 Å². The molecule has 0 heterocycles. The van der Waals surface area contributed by atoms with E-state index < -0.39 is 21.6 Å². The van der Waals surface area contributed by atoms with Crippen LogP contribution in [0.2, 0.25) is 0 Å². The Morgan fingerprint density at radius 2 is 1.80 bits per heavy atom. The molecule has 0 fully saturated rings. The minimum atomic E-state index is -3.26. The number of unbranched alkanes of at least 4 members (excludes halogenated alkanes) is 3. The van der Waals surface area contributed by atoms with Crippen LogP contribution in [-0.4, -0.2) is 32.5 Å². The van der Waals surface area contributed by atoms with Crippen molar-refractivity contribution < 1.29 is 17.9 Å². The number of rotatable bonds is 8. The van der Waals surface area contributed by atoms with Crippen molar-refractivity contribution in [3.8, 4) is 0 Å². The predicted molar refractivity (Wildman–Crippen MR) is 59.4 cm³/mol. The Morgan fingerprint density at radius 3 is 2.33 bits per heavy atom. The van der Waals surface area contributed by atoms with Crippen LogP contribution in [0.5, 0.6) is 0 Å². The Labute approximate surface area is 91.9 Å². The van der Waals surface area contributed by atoms with E-state index in [0.717, 1.165) is 19.3 Å². The lowest BCUT2D eigenvalue weighted by atomic mass is 10.2. The molecule has 0 radical (unpaired) electrons. The van der Waals surface area contributed by atoms with Crippen LogP contribution in [0, 0.1) is 0 Å². The number of esters is 1. The van der Waals surface area contributed by atoms with Gasteiger partial charge >= 0.3 is 5.97 Å². The van der Waals surface area contributed by atoms with Crippen LogP contribution in [0.4, 0.5) is 0 Å². The molecule has 90 valence electrons. The smallest absolute Gasteiger partial charge is 0.321 e. The molecule has 0 N–H and O–H groups in total. The Hall–Kier alpha value is -0.580. The summed E-state index contributed by atoms with van der Waals surface area (Å²) in [6.07, 6.45) is 3.64. The van der Waals surface area contributed by atoms with E-state index in [1.54, 1.807) is 6.92 Å². The SMILES string of the molecule is CCCCCCS(=O)(=O)CC(=O)OCC. The van der Waals surface area contributed by atoms with Gasteiger partial charge in [0.15, 0.2) is 9.84 Å². The van der Waals surface area contributed by atoms with Gasteiger partial charge in [0, 0.05) is 0 Å². The summed E-state index contributed by atoms with van der Waals surface area (Å²) in [7, 11) is -3.26. The van der Waals surface area contributed by atoms with Gasteiger partial charge in [-0.3, -0.25) is 4.79 Å². The summed E-state index contributed by atoms with van der Waals surface area (Å²) >= 11 is 0. The van der Waals surface area contributed by atoms with Crippen LogP contribution in [-0.2, 0) is 19.4 Å². The van der Waals surface area contributed by atoms with Crippen LogP contribution < -0.4 is 0 Å². The van der Waals surface area contributed by atoms with Crippen molar-refractivity contribution in [1.29, 1.82) is 0 Å². The van der Waals surface area contributed by atoms with Crippen LogP contribution in [0.3, 0.4) is 0 Å². The second kappa shape index (κ2) is 7.68. The highest BCUT2D eigenvalue weighted by molar-refractivity contribution is 7.92. The molecule has 0 saturated heterocycles. The van der Waals surface area contributed by atoms with Crippen LogP contribution in [0.15, 0.2) is 0 Å². The number of hydrogen-bond acceptors (Lipinski definition) is 4. The van der Waals surface area contributed by atoms with Crippen molar-refractivity contribution in [3.63, 3.8) is 0 Å². The monoisotopic (exact) mass is 236 g/mol. The van der Waals surface area contributed by atoms with Gasteiger partial charge in [-0.25, -0.2) is 8.42 Å². The highest BCUT2D eigenvalue weighted by atomic mass is 32.2. The third-order valence-corrected chi connectivity index (χ3v) is 3.54. The van der Waals surface area contributed by atoms with Crippen LogP contribution >= 0.6 is 0 Å². The molecule has 0 saturated carbocycles. The van der Waals surface area contributed by atoms with Gasteiger partial charge in [0.2, 0.25) is 0 Å². The standard InChI is InChI=1S/C10H20O4S/c1-3-5-6-7-8-15(12,13)9-10(11)14-4-2/h3-9H2,1-2H3. The molecule has 0 aromatic heterocycles. The normalized spacial score (nSPS) is 11.3. The van der Waals surface area contributed by atoms with Crippen molar-refractivity contribution in [2.75, 3.05) is 18.1 Å². The predicted octanol–water partition coefficient (Wildman–Crippen LogP) is 1.54. The van der Waals surface area contributed by atoms with E-state index in [2.05, 4.69) is 11.7 Å². The molecule has 0 aromatic carbocycles. The zero-order valence-corrected chi connectivity index (χ0v) is 10.3. The van der Waals surface area contributed by atoms with Gasteiger partial charge in [0.1, 0.15) is 5.75 Å². The maximum Gasteiger partial charge on any atom is 0.321 e. The summed E-state index contributed by atoms with van der Waals surface area (Å²) in [4.78, 5) is 10.9. The van der Waals surface area contributed by atoms with Gasteiger partial charge < -0.3 is 4.74 Å². The first kappa shape index (κ1) is 14.4. The fraction of sp³-hybridized carbons (Fsp3) is 0.900. The third kappa shape index (κ3) is 8.42. The Balaban J connectivity index is 3.82. The number of carbonyl (C=O) groups excluding carboxylic acids is 1. The Bertz CT molecular complexity index is 269. The summed E-state index contributed by atoms with van der Waals surface area (Å²) in [5.41, 5.74) is 0. The molecule has 0 amide bonds. The molecule has 0 spiro atoms. The third-order valence-electron chi connectivity index (χ3n) is 1.95. The zero-order valence-electron chi connectivity index (χ0n) is 9.49. The highest BCUT2D eigenvalue weighted by Gasteiger charge is 2.16. The van der Waals surface area contributed by atoms with E-state index in [-0.39, 0.29) is 12.4 Å². The maximum absolute atomic E-state index is 11.4. The molecule has 0 aromatic rings. The van der Waals surface area contributed by atoms with E-state index >= 15 is 0 Å². The number of hydrogen-bond donors (Lipinski definition) is 0. The Kier molecular flexibility index (Phi) is 7.38. The van der Waals surface area contributed by atoms with Crippen molar-refractivity contribution in [2.45, 2.75) is 39.5 Å². The second-order valence-corrected chi connectivity index (χ2v) is 5.64. The molecule has 0 aliphatic heterocycles. The number of carbonyl (C=O) groups is 1. The molecule has 4 nitrogen and oxygen atoms in total. The molecule has 0 atom stereocenters. The summed E-state index contributed by atoms with van der Waals surface area (Å²) in [6.45, 7) is 3.95. The van der Waals surface area contributed by atoms with Gasteiger partial charge in [0.25, 0.3) is 0 Å². The number of ether oxygens (including phenoxy) is 1. The summed E-state index contributed by atoms with van der Waals surface area (Å²) in [5, 5.41) is 0. The quantitative estimate of drug-likeness (QED) is 0.474. The van der Waals surface area contributed by atoms with E-state index in [1.807, 2.05) is 0 Å². The molecular weight excluding hydrogens is 216 g/mol. The van der Waals surface area contributed by atoms with Gasteiger partial charge in [-0.1, -0.05) is 26.2 Å². The maximum atomic E-state index is 11.4. The number of sulfone groups is 1. The van der Waals surface area contributed by atoms with Crippen molar-refractivity contribution >= 4 is 15.8 Å². The van der Waals surface area contributed by atoms with Gasteiger partial charge in [0.05, 0.1) is 12.4 Å². The van der Waals surface area contributed by atoms with Gasteiger partial charge in [-0.2, -0.15) is 0 Å². The largest absolute Gasteiger partial charge is 0.465 e. The topological polar surface area (TPSA) is 60.4 Å².